The Balaban J connectivity index is 1.95. The zero-order valence-corrected chi connectivity index (χ0v) is 11.6. The van der Waals surface area contributed by atoms with E-state index >= 15 is 0 Å². The minimum atomic E-state index is -0.380. The SMILES string of the molecule is Fc1cc(Br)cnc1Nc1ccc2sccc2c1. The third-order valence-electron chi connectivity index (χ3n) is 2.52. The van der Waals surface area contributed by atoms with Gasteiger partial charge >= 0.3 is 0 Å². The Morgan fingerprint density at radius 1 is 1.22 bits per heavy atom. The normalized spacial score (nSPS) is 10.8. The highest BCUT2D eigenvalue weighted by Gasteiger charge is 2.05. The molecule has 2 nitrogen and oxygen atoms in total. The Morgan fingerprint density at radius 3 is 2.94 bits per heavy atom. The molecule has 3 aromatic rings. The van der Waals surface area contributed by atoms with Crippen LogP contribution in [0.5, 0.6) is 0 Å². The molecule has 0 aliphatic rings. The molecule has 0 fully saturated rings. The predicted octanol–water partition coefficient (Wildman–Crippen LogP) is 4.94. The smallest absolute Gasteiger partial charge is 0.166 e. The van der Waals surface area contributed by atoms with Crippen LogP contribution in [0.1, 0.15) is 0 Å². The number of nitrogens with one attached hydrogen (secondary N) is 1. The minimum Gasteiger partial charge on any atom is -0.338 e. The van der Waals surface area contributed by atoms with Gasteiger partial charge in [-0.05, 0) is 57.0 Å². The zero-order chi connectivity index (χ0) is 12.5. The zero-order valence-electron chi connectivity index (χ0n) is 9.15. The van der Waals surface area contributed by atoms with Crippen molar-refractivity contribution >= 4 is 48.9 Å². The third kappa shape index (κ3) is 2.23. The maximum atomic E-state index is 13.6. The number of anilines is 2. The van der Waals surface area contributed by atoms with Crippen LogP contribution in [0.25, 0.3) is 10.1 Å². The average Bonchev–Trinajstić information content (AvgIpc) is 2.80. The number of thiophene rings is 1. The highest BCUT2D eigenvalue weighted by molar-refractivity contribution is 9.10. The molecule has 5 heteroatoms. The number of fused-ring (bicyclic) bond motifs is 1. The Kier molecular flexibility index (Phi) is 3.01. The van der Waals surface area contributed by atoms with Crippen molar-refractivity contribution in [3.05, 3.63) is 52.2 Å². The van der Waals surface area contributed by atoms with E-state index in [9.17, 15) is 4.39 Å². The van der Waals surface area contributed by atoms with Gasteiger partial charge in [-0.3, -0.25) is 0 Å². The first kappa shape index (κ1) is 11.6. The number of hydrogen-bond donors (Lipinski definition) is 1. The molecule has 2 heterocycles. The molecule has 0 saturated heterocycles. The van der Waals surface area contributed by atoms with Crippen molar-refractivity contribution < 1.29 is 4.39 Å². The monoisotopic (exact) mass is 322 g/mol. The number of nitrogens with zero attached hydrogens (tertiary/aromatic N) is 1. The molecule has 0 atom stereocenters. The summed E-state index contributed by atoms with van der Waals surface area (Å²) in [6, 6.07) is 9.34. The molecule has 0 saturated carbocycles. The first-order valence-corrected chi connectivity index (χ1v) is 6.95. The van der Waals surface area contributed by atoms with E-state index in [2.05, 4.69) is 26.2 Å². The lowest BCUT2D eigenvalue weighted by molar-refractivity contribution is 0.625. The summed E-state index contributed by atoms with van der Waals surface area (Å²) in [7, 11) is 0. The second kappa shape index (κ2) is 4.66. The lowest BCUT2D eigenvalue weighted by Crippen LogP contribution is -1.96. The fraction of sp³-hybridized carbons (Fsp3) is 0. The van der Waals surface area contributed by atoms with Gasteiger partial charge in [-0.2, -0.15) is 0 Å². The fourth-order valence-electron chi connectivity index (χ4n) is 1.69. The van der Waals surface area contributed by atoms with Crippen molar-refractivity contribution in [3.8, 4) is 0 Å². The Bertz CT molecular complexity index is 711. The summed E-state index contributed by atoms with van der Waals surface area (Å²) >= 11 is 4.86. The van der Waals surface area contributed by atoms with Gasteiger partial charge in [-0.1, -0.05) is 0 Å². The summed E-state index contributed by atoms with van der Waals surface area (Å²) in [5.41, 5.74) is 0.828. The molecule has 0 bridgehead atoms. The van der Waals surface area contributed by atoms with E-state index in [1.807, 2.05) is 29.6 Å². The van der Waals surface area contributed by atoms with Gasteiger partial charge in [0.05, 0.1) is 0 Å². The van der Waals surface area contributed by atoms with Crippen LogP contribution in [0, 0.1) is 5.82 Å². The van der Waals surface area contributed by atoms with Crippen molar-refractivity contribution in [2.45, 2.75) is 0 Å². The average molecular weight is 323 g/mol. The van der Waals surface area contributed by atoms with Crippen molar-refractivity contribution in [3.63, 3.8) is 0 Å². The van der Waals surface area contributed by atoms with Crippen LogP contribution >= 0.6 is 27.3 Å². The minimum absolute atomic E-state index is 0.229. The second-order valence-electron chi connectivity index (χ2n) is 3.78. The van der Waals surface area contributed by atoms with Crippen LogP contribution in [0.15, 0.2) is 46.4 Å². The maximum Gasteiger partial charge on any atom is 0.166 e. The Morgan fingerprint density at radius 2 is 2.11 bits per heavy atom. The molecule has 1 N–H and O–H groups in total. The topological polar surface area (TPSA) is 24.9 Å². The quantitative estimate of drug-likeness (QED) is 0.722. The van der Waals surface area contributed by atoms with Gasteiger partial charge in [-0.25, -0.2) is 9.37 Å². The first-order valence-electron chi connectivity index (χ1n) is 5.28. The van der Waals surface area contributed by atoms with E-state index in [4.69, 9.17) is 0 Å². The molecule has 0 unspecified atom stereocenters. The van der Waals surface area contributed by atoms with Gasteiger partial charge in [0, 0.05) is 21.1 Å². The molecule has 0 radical (unpaired) electrons. The standard InChI is InChI=1S/C13H8BrFN2S/c14-9-6-11(15)13(16-7-9)17-10-1-2-12-8(5-10)3-4-18-12/h1-7H,(H,16,17). The van der Waals surface area contributed by atoms with Gasteiger partial charge in [0.15, 0.2) is 11.6 Å². The number of rotatable bonds is 2. The number of halogens is 2. The van der Waals surface area contributed by atoms with Crippen LogP contribution in [0.4, 0.5) is 15.9 Å². The van der Waals surface area contributed by atoms with Crippen molar-refractivity contribution in [1.82, 2.24) is 4.98 Å². The molecule has 0 spiro atoms. The summed E-state index contributed by atoms with van der Waals surface area (Å²) in [6.45, 7) is 0. The van der Waals surface area contributed by atoms with Gasteiger partial charge in [0.1, 0.15) is 0 Å². The van der Waals surface area contributed by atoms with E-state index in [0.717, 1.165) is 11.1 Å². The van der Waals surface area contributed by atoms with E-state index in [-0.39, 0.29) is 11.6 Å². The van der Waals surface area contributed by atoms with Crippen molar-refractivity contribution in [2.24, 2.45) is 0 Å². The summed E-state index contributed by atoms with van der Waals surface area (Å²) in [4.78, 5) is 4.01. The van der Waals surface area contributed by atoms with Crippen molar-refractivity contribution in [1.29, 1.82) is 0 Å². The van der Waals surface area contributed by atoms with Crippen LogP contribution in [-0.4, -0.2) is 4.98 Å². The maximum absolute atomic E-state index is 13.6. The molecule has 2 aromatic heterocycles. The molecule has 1 aromatic carbocycles. The summed E-state index contributed by atoms with van der Waals surface area (Å²) < 4.78 is 15.5. The fourth-order valence-corrected chi connectivity index (χ4v) is 2.76. The molecule has 90 valence electrons. The Labute approximate surface area is 116 Å². The highest BCUT2D eigenvalue weighted by atomic mass is 79.9. The van der Waals surface area contributed by atoms with E-state index in [0.29, 0.717) is 4.47 Å². The molecule has 0 amide bonds. The van der Waals surface area contributed by atoms with Gasteiger partial charge in [-0.15, -0.1) is 11.3 Å². The van der Waals surface area contributed by atoms with E-state index < -0.39 is 0 Å². The van der Waals surface area contributed by atoms with Crippen molar-refractivity contribution in [2.75, 3.05) is 5.32 Å². The third-order valence-corrected chi connectivity index (χ3v) is 3.85. The second-order valence-corrected chi connectivity index (χ2v) is 5.65. The molecular formula is C13H8BrFN2S. The number of pyridine rings is 1. The molecule has 0 aliphatic carbocycles. The van der Waals surface area contributed by atoms with Crippen LogP contribution in [-0.2, 0) is 0 Å². The number of hydrogen-bond acceptors (Lipinski definition) is 3. The molecule has 0 aliphatic heterocycles. The van der Waals surface area contributed by atoms with Gasteiger partial charge in [0.25, 0.3) is 0 Å². The first-order chi connectivity index (χ1) is 8.72. The Hall–Kier alpha value is -1.46. The summed E-state index contributed by atoms with van der Waals surface area (Å²) in [5.74, 6) is -0.150. The largest absolute Gasteiger partial charge is 0.338 e. The summed E-state index contributed by atoms with van der Waals surface area (Å²) in [5, 5.41) is 6.15. The van der Waals surface area contributed by atoms with Crippen LogP contribution in [0.2, 0.25) is 0 Å². The number of aromatic nitrogens is 1. The van der Waals surface area contributed by atoms with Crippen LogP contribution in [0.3, 0.4) is 0 Å². The number of benzene rings is 1. The molecular weight excluding hydrogens is 315 g/mol. The van der Waals surface area contributed by atoms with Gasteiger partial charge < -0.3 is 5.32 Å². The molecule has 18 heavy (non-hydrogen) atoms. The lowest BCUT2D eigenvalue weighted by atomic mass is 10.2. The summed E-state index contributed by atoms with van der Waals surface area (Å²) in [6.07, 6.45) is 1.56. The van der Waals surface area contributed by atoms with Crippen LogP contribution < -0.4 is 5.32 Å². The van der Waals surface area contributed by atoms with E-state index in [1.165, 1.54) is 10.8 Å². The molecule has 3 rings (SSSR count). The lowest BCUT2D eigenvalue weighted by Gasteiger charge is -2.06. The van der Waals surface area contributed by atoms with Gasteiger partial charge in [0.2, 0.25) is 0 Å². The highest BCUT2D eigenvalue weighted by Crippen LogP contribution is 2.26. The predicted molar refractivity (Wildman–Crippen MR) is 77.0 cm³/mol. The van der Waals surface area contributed by atoms with E-state index in [1.54, 1.807) is 17.5 Å².